The zero-order valence-electron chi connectivity index (χ0n) is 14.7. The van der Waals surface area contributed by atoms with Crippen molar-refractivity contribution in [1.82, 2.24) is 15.2 Å². The zero-order chi connectivity index (χ0) is 18.2. The summed E-state index contributed by atoms with van der Waals surface area (Å²) in [5, 5.41) is 8.57. The largest absolute Gasteiger partial charge is 0.343 e. The Morgan fingerprint density at radius 3 is 2.81 bits per heavy atom. The first-order chi connectivity index (χ1) is 12.7. The van der Waals surface area contributed by atoms with Gasteiger partial charge in [-0.2, -0.15) is 0 Å². The molecule has 1 saturated heterocycles. The van der Waals surface area contributed by atoms with Crippen molar-refractivity contribution in [3.8, 4) is 10.6 Å². The Hall–Kier alpha value is -2.41. The fraction of sp³-hybridized carbons (Fsp3) is 0.421. The highest BCUT2D eigenvalue weighted by Gasteiger charge is 2.15. The molecule has 1 aromatic carbocycles. The van der Waals surface area contributed by atoms with Crippen LogP contribution in [0.4, 0.5) is 10.5 Å². The van der Waals surface area contributed by atoms with Crippen molar-refractivity contribution >= 4 is 29.0 Å². The van der Waals surface area contributed by atoms with Gasteiger partial charge in [-0.15, -0.1) is 11.3 Å². The minimum atomic E-state index is -0.228. The maximum atomic E-state index is 12.0. The van der Waals surface area contributed by atoms with Gasteiger partial charge in [-0.25, -0.2) is 9.78 Å². The minimum Gasteiger partial charge on any atom is -0.343 e. The topological polar surface area (TPSA) is 74.3 Å². The van der Waals surface area contributed by atoms with Crippen LogP contribution < -0.4 is 10.6 Å². The molecule has 26 heavy (non-hydrogen) atoms. The number of nitrogens with zero attached hydrogens (tertiary/aromatic N) is 2. The molecule has 138 valence electrons. The average Bonchev–Trinajstić information content (AvgIpc) is 3.10. The Morgan fingerprint density at radius 1 is 1.19 bits per heavy atom. The molecule has 0 bridgehead atoms. The Balaban J connectivity index is 1.38. The summed E-state index contributed by atoms with van der Waals surface area (Å²) in [7, 11) is 0. The third-order valence-electron chi connectivity index (χ3n) is 4.38. The Bertz CT molecular complexity index is 716. The Morgan fingerprint density at radius 2 is 2.04 bits per heavy atom. The molecule has 0 spiro atoms. The molecular formula is C19H24N4O2S. The fourth-order valence-electron chi connectivity index (χ4n) is 2.98. The fourth-order valence-corrected chi connectivity index (χ4v) is 3.63. The van der Waals surface area contributed by atoms with Gasteiger partial charge in [-0.1, -0.05) is 6.42 Å². The van der Waals surface area contributed by atoms with Gasteiger partial charge in [0.1, 0.15) is 5.01 Å². The molecule has 3 rings (SSSR count). The number of anilines is 1. The number of hydrogen-bond acceptors (Lipinski definition) is 4. The number of likely N-dealkylation sites (tertiary alicyclic amines) is 1. The number of urea groups is 1. The van der Waals surface area contributed by atoms with Gasteiger partial charge in [0.15, 0.2) is 0 Å². The van der Waals surface area contributed by atoms with Gasteiger partial charge in [0, 0.05) is 48.9 Å². The SMILES string of the molecule is O=C(NCCCN1CCCCCC1=O)Nc1ccc(-c2nccs2)cc1. The van der Waals surface area contributed by atoms with Crippen LogP contribution in [0.5, 0.6) is 0 Å². The molecule has 1 aromatic heterocycles. The van der Waals surface area contributed by atoms with E-state index in [2.05, 4.69) is 15.6 Å². The van der Waals surface area contributed by atoms with E-state index in [1.54, 1.807) is 17.5 Å². The molecule has 3 amide bonds. The molecule has 1 aliphatic heterocycles. The number of amides is 3. The maximum absolute atomic E-state index is 12.0. The minimum absolute atomic E-state index is 0.228. The third kappa shape index (κ3) is 5.29. The second-order valence-electron chi connectivity index (χ2n) is 6.34. The van der Waals surface area contributed by atoms with Gasteiger partial charge in [0.25, 0.3) is 0 Å². The van der Waals surface area contributed by atoms with Crippen LogP contribution in [0.2, 0.25) is 0 Å². The number of thiazole rings is 1. The van der Waals surface area contributed by atoms with Crippen molar-refractivity contribution in [2.24, 2.45) is 0 Å². The van der Waals surface area contributed by atoms with Crippen LogP contribution in [0.25, 0.3) is 10.6 Å². The van der Waals surface area contributed by atoms with Gasteiger partial charge < -0.3 is 15.5 Å². The summed E-state index contributed by atoms with van der Waals surface area (Å²) < 4.78 is 0. The van der Waals surface area contributed by atoms with E-state index < -0.39 is 0 Å². The molecule has 6 nitrogen and oxygen atoms in total. The van der Waals surface area contributed by atoms with Crippen molar-refractivity contribution in [3.63, 3.8) is 0 Å². The summed E-state index contributed by atoms with van der Waals surface area (Å²) in [5.41, 5.74) is 1.78. The third-order valence-corrected chi connectivity index (χ3v) is 5.21. The van der Waals surface area contributed by atoms with Gasteiger partial charge in [0.05, 0.1) is 0 Å². The molecule has 0 unspecified atom stereocenters. The molecule has 0 aliphatic carbocycles. The molecule has 1 aliphatic rings. The van der Waals surface area contributed by atoms with Gasteiger partial charge in [-0.3, -0.25) is 4.79 Å². The molecule has 7 heteroatoms. The highest BCUT2D eigenvalue weighted by atomic mass is 32.1. The van der Waals surface area contributed by atoms with Crippen LogP contribution in [0.1, 0.15) is 32.1 Å². The predicted molar refractivity (Wildman–Crippen MR) is 104 cm³/mol. The molecule has 2 N–H and O–H groups in total. The smallest absolute Gasteiger partial charge is 0.319 e. The van der Waals surface area contributed by atoms with E-state index >= 15 is 0 Å². The molecular weight excluding hydrogens is 348 g/mol. The normalized spacial score (nSPS) is 14.8. The summed E-state index contributed by atoms with van der Waals surface area (Å²) in [6, 6.07) is 7.39. The van der Waals surface area contributed by atoms with Crippen molar-refractivity contribution in [2.75, 3.05) is 25.0 Å². The zero-order valence-corrected chi connectivity index (χ0v) is 15.6. The molecule has 0 atom stereocenters. The van der Waals surface area contributed by atoms with Crippen LogP contribution in [-0.2, 0) is 4.79 Å². The number of carbonyl (C=O) groups is 2. The lowest BCUT2D eigenvalue weighted by Crippen LogP contribution is -2.35. The Labute approximate surface area is 157 Å². The highest BCUT2D eigenvalue weighted by molar-refractivity contribution is 7.13. The van der Waals surface area contributed by atoms with Gasteiger partial charge >= 0.3 is 6.03 Å². The first-order valence-corrected chi connectivity index (χ1v) is 9.93. The second kappa shape index (κ2) is 9.33. The summed E-state index contributed by atoms with van der Waals surface area (Å²) in [5.74, 6) is 0.243. The van der Waals surface area contributed by atoms with Crippen LogP contribution in [-0.4, -0.2) is 41.5 Å². The van der Waals surface area contributed by atoms with E-state index in [0.29, 0.717) is 19.5 Å². The van der Waals surface area contributed by atoms with Crippen molar-refractivity contribution in [3.05, 3.63) is 35.8 Å². The lowest BCUT2D eigenvalue weighted by molar-refractivity contribution is -0.130. The number of hydrogen-bond donors (Lipinski definition) is 2. The average molecular weight is 372 g/mol. The van der Waals surface area contributed by atoms with E-state index in [-0.39, 0.29) is 11.9 Å². The molecule has 0 saturated carbocycles. The van der Waals surface area contributed by atoms with Crippen LogP contribution in [0.3, 0.4) is 0 Å². The first kappa shape index (κ1) is 18.4. The quantitative estimate of drug-likeness (QED) is 0.759. The summed E-state index contributed by atoms with van der Waals surface area (Å²) >= 11 is 1.58. The van der Waals surface area contributed by atoms with Gasteiger partial charge in [0.2, 0.25) is 5.91 Å². The predicted octanol–water partition coefficient (Wildman–Crippen LogP) is 3.72. The monoisotopic (exact) mass is 372 g/mol. The van der Waals surface area contributed by atoms with Crippen LogP contribution in [0.15, 0.2) is 35.8 Å². The summed E-state index contributed by atoms with van der Waals surface area (Å²) in [4.78, 5) is 30.1. The standard InChI is InChI=1S/C19H24N4O2S/c24-17-5-2-1-3-12-23(17)13-4-10-21-19(25)22-16-8-6-15(7-9-16)18-20-11-14-26-18/h6-9,11,14H,1-5,10,12-13H2,(H2,21,22,25). The molecule has 2 aromatic rings. The van der Waals surface area contributed by atoms with Crippen molar-refractivity contribution < 1.29 is 9.59 Å². The second-order valence-corrected chi connectivity index (χ2v) is 7.24. The van der Waals surface area contributed by atoms with E-state index in [1.807, 2.05) is 34.5 Å². The van der Waals surface area contributed by atoms with E-state index in [4.69, 9.17) is 0 Å². The lowest BCUT2D eigenvalue weighted by atomic mass is 10.2. The molecule has 1 fully saturated rings. The lowest BCUT2D eigenvalue weighted by Gasteiger charge is -2.20. The molecule has 0 radical (unpaired) electrons. The number of aromatic nitrogens is 1. The first-order valence-electron chi connectivity index (χ1n) is 9.05. The van der Waals surface area contributed by atoms with Crippen LogP contribution >= 0.6 is 11.3 Å². The van der Waals surface area contributed by atoms with E-state index in [1.165, 1.54) is 0 Å². The summed E-state index contributed by atoms with van der Waals surface area (Å²) in [6.07, 6.45) is 6.41. The van der Waals surface area contributed by atoms with Crippen molar-refractivity contribution in [1.29, 1.82) is 0 Å². The van der Waals surface area contributed by atoms with E-state index in [0.717, 1.165) is 48.5 Å². The van der Waals surface area contributed by atoms with Crippen LogP contribution in [0, 0.1) is 0 Å². The van der Waals surface area contributed by atoms with Crippen molar-refractivity contribution in [2.45, 2.75) is 32.1 Å². The van der Waals surface area contributed by atoms with Gasteiger partial charge in [-0.05, 0) is 43.5 Å². The number of benzene rings is 1. The number of rotatable bonds is 6. The highest BCUT2D eigenvalue weighted by Crippen LogP contribution is 2.23. The number of carbonyl (C=O) groups excluding carboxylic acids is 2. The van der Waals surface area contributed by atoms with E-state index in [9.17, 15) is 9.59 Å². The summed E-state index contributed by atoms with van der Waals surface area (Å²) in [6.45, 7) is 2.10. The number of nitrogens with one attached hydrogen (secondary N) is 2. The Kier molecular flexibility index (Phi) is 6.60. The maximum Gasteiger partial charge on any atom is 0.319 e. The molecule has 2 heterocycles.